The smallest absolute Gasteiger partial charge is 0.291 e. The van der Waals surface area contributed by atoms with Crippen LogP contribution in [0.4, 0.5) is 0 Å². The molecule has 1 aromatic carbocycles. The number of nitrogens with zero attached hydrogens (tertiary/aromatic N) is 3. The Morgan fingerprint density at radius 3 is 2.70 bits per heavy atom. The monoisotopic (exact) mass is 269 g/mol. The quantitative estimate of drug-likeness (QED) is 0.883. The second-order valence-electron chi connectivity index (χ2n) is 4.39. The van der Waals surface area contributed by atoms with E-state index in [4.69, 9.17) is 5.26 Å². The van der Waals surface area contributed by atoms with E-state index in [-0.39, 0.29) is 17.8 Å². The Labute approximate surface area is 116 Å². The van der Waals surface area contributed by atoms with Crippen molar-refractivity contribution >= 4 is 5.91 Å². The summed E-state index contributed by atoms with van der Waals surface area (Å²) in [6.45, 7) is 3.80. The number of rotatable bonds is 4. The standard InChI is InChI=1S/C14H15N5O/c1-3-12-17-13(19-18-12)14(20)16-9(2)11-6-4-10(8-15)5-7-11/h4-7,9H,3H2,1-2H3,(H,16,20)(H,17,18,19). The van der Waals surface area contributed by atoms with Gasteiger partial charge in [0.15, 0.2) is 0 Å². The van der Waals surface area contributed by atoms with Gasteiger partial charge in [0.1, 0.15) is 5.82 Å². The molecule has 20 heavy (non-hydrogen) atoms. The first-order valence-corrected chi connectivity index (χ1v) is 6.36. The maximum Gasteiger partial charge on any atom is 0.291 e. The summed E-state index contributed by atoms with van der Waals surface area (Å²) < 4.78 is 0. The first-order valence-electron chi connectivity index (χ1n) is 6.36. The Hall–Kier alpha value is -2.68. The van der Waals surface area contributed by atoms with E-state index in [0.29, 0.717) is 17.8 Å². The molecule has 0 aliphatic carbocycles. The van der Waals surface area contributed by atoms with E-state index in [9.17, 15) is 4.79 Å². The van der Waals surface area contributed by atoms with Crippen molar-refractivity contribution in [2.45, 2.75) is 26.3 Å². The van der Waals surface area contributed by atoms with Crippen LogP contribution >= 0.6 is 0 Å². The van der Waals surface area contributed by atoms with Crippen LogP contribution in [-0.4, -0.2) is 21.1 Å². The van der Waals surface area contributed by atoms with Crippen molar-refractivity contribution < 1.29 is 4.79 Å². The minimum absolute atomic E-state index is 0.141. The highest BCUT2D eigenvalue weighted by molar-refractivity contribution is 5.90. The molecule has 2 rings (SSSR count). The number of aromatic nitrogens is 3. The number of hydrogen-bond acceptors (Lipinski definition) is 4. The van der Waals surface area contributed by atoms with Crippen molar-refractivity contribution in [1.82, 2.24) is 20.5 Å². The van der Waals surface area contributed by atoms with Crippen LogP contribution in [0.5, 0.6) is 0 Å². The van der Waals surface area contributed by atoms with E-state index in [1.54, 1.807) is 12.1 Å². The van der Waals surface area contributed by atoms with Gasteiger partial charge < -0.3 is 5.32 Å². The normalized spacial score (nSPS) is 11.7. The lowest BCUT2D eigenvalue weighted by atomic mass is 10.1. The average molecular weight is 269 g/mol. The van der Waals surface area contributed by atoms with E-state index in [1.165, 1.54) is 0 Å². The second kappa shape index (κ2) is 5.97. The van der Waals surface area contributed by atoms with Gasteiger partial charge in [-0.15, -0.1) is 5.10 Å². The van der Waals surface area contributed by atoms with Crippen LogP contribution in [0.3, 0.4) is 0 Å². The molecule has 2 aromatic rings. The van der Waals surface area contributed by atoms with Crippen molar-refractivity contribution in [2.75, 3.05) is 0 Å². The summed E-state index contributed by atoms with van der Waals surface area (Å²) >= 11 is 0. The van der Waals surface area contributed by atoms with Gasteiger partial charge in [0, 0.05) is 6.42 Å². The van der Waals surface area contributed by atoms with E-state index in [0.717, 1.165) is 5.56 Å². The maximum absolute atomic E-state index is 12.0. The third kappa shape index (κ3) is 3.01. The lowest BCUT2D eigenvalue weighted by Crippen LogP contribution is -2.27. The molecule has 0 saturated carbocycles. The Kier molecular flexibility index (Phi) is 4.11. The van der Waals surface area contributed by atoms with E-state index in [2.05, 4.69) is 26.6 Å². The SMILES string of the molecule is CCc1nc(C(=O)NC(C)c2ccc(C#N)cc2)n[nH]1. The number of carbonyl (C=O) groups is 1. The van der Waals surface area contributed by atoms with Crippen LogP contribution in [0.2, 0.25) is 0 Å². The van der Waals surface area contributed by atoms with Gasteiger partial charge in [-0.1, -0.05) is 19.1 Å². The topological polar surface area (TPSA) is 94.5 Å². The molecule has 6 heteroatoms. The molecule has 0 fully saturated rings. The van der Waals surface area contributed by atoms with Crippen molar-refractivity contribution in [3.05, 3.63) is 47.0 Å². The fourth-order valence-corrected chi connectivity index (χ4v) is 1.75. The van der Waals surface area contributed by atoms with Crippen LogP contribution in [0.1, 0.15) is 47.5 Å². The Bertz CT molecular complexity index is 638. The number of carbonyl (C=O) groups excluding carboxylic acids is 1. The van der Waals surface area contributed by atoms with Gasteiger partial charge in [0.25, 0.3) is 5.91 Å². The van der Waals surface area contributed by atoms with Crippen LogP contribution < -0.4 is 5.32 Å². The van der Waals surface area contributed by atoms with E-state index in [1.807, 2.05) is 26.0 Å². The Morgan fingerprint density at radius 1 is 1.45 bits per heavy atom. The number of hydrogen-bond donors (Lipinski definition) is 2. The molecule has 0 spiro atoms. The average Bonchev–Trinajstić information content (AvgIpc) is 2.96. The first-order chi connectivity index (χ1) is 9.63. The molecule has 0 radical (unpaired) electrons. The lowest BCUT2D eigenvalue weighted by molar-refractivity contribution is 0.0929. The predicted octanol–water partition coefficient (Wildman–Crippen LogP) is 1.73. The Morgan fingerprint density at radius 2 is 2.15 bits per heavy atom. The minimum atomic E-state index is -0.321. The number of nitriles is 1. The summed E-state index contributed by atoms with van der Waals surface area (Å²) in [6.07, 6.45) is 0.700. The van der Waals surface area contributed by atoms with Crippen molar-refractivity contribution in [3.8, 4) is 6.07 Å². The molecule has 0 saturated heterocycles. The van der Waals surface area contributed by atoms with Gasteiger partial charge in [-0.3, -0.25) is 9.89 Å². The third-order valence-corrected chi connectivity index (χ3v) is 2.96. The molecule has 1 amide bonds. The number of aryl methyl sites for hydroxylation is 1. The highest BCUT2D eigenvalue weighted by Crippen LogP contribution is 2.13. The number of aromatic amines is 1. The zero-order valence-electron chi connectivity index (χ0n) is 11.3. The van der Waals surface area contributed by atoms with Gasteiger partial charge in [-0.25, -0.2) is 4.98 Å². The molecule has 102 valence electrons. The van der Waals surface area contributed by atoms with Gasteiger partial charge >= 0.3 is 0 Å². The number of H-pyrrole nitrogens is 1. The fourth-order valence-electron chi connectivity index (χ4n) is 1.75. The summed E-state index contributed by atoms with van der Waals surface area (Å²) in [5.41, 5.74) is 1.51. The molecule has 1 unspecified atom stereocenters. The van der Waals surface area contributed by atoms with Crippen molar-refractivity contribution in [1.29, 1.82) is 5.26 Å². The zero-order valence-corrected chi connectivity index (χ0v) is 11.3. The highest BCUT2D eigenvalue weighted by atomic mass is 16.2. The summed E-state index contributed by atoms with van der Waals surface area (Å²) in [7, 11) is 0. The number of benzene rings is 1. The minimum Gasteiger partial charge on any atom is -0.343 e. The van der Waals surface area contributed by atoms with Crippen molar-refractivity contribution in [3.63, 3.8) is 0 Å². The van der Waals surface area contributed by atoms with Gasteiger partial charge in [-0.2, -0.15) is 5.26 Å². The van der Waals surface area contributed by atoms with E-state index >= 15 is 0 Å². The fraction of sp³-hybridized carbons (Fsp3) is 0.286. The lowest BCUT2D eigenvalue weighted by Gasteiger charge is -2.12. The molecular formula is C14H15N5O. The van der Waals surface area contributed by atoms with Gasteiger partial charge in [0.05, 0.1) is 17.7 Å². The van der Waals surface area contributed by atoms with Crippen LogP contribution in [0.15, 0.2) is 24.3 Å². The summed E-state index contributed by atoms with van der Waals surface area (Å²) in [5, 5.41) is 18.1. The third-order valence-electron chi connectivity index (χ3n) is 2.96. The molecule has 6 nitrogen and oxygen atoms in total. The predicted molar refractivity (Wildman–Crippen MR) is 72.8 cm³/mol. The zero-order chi connectivity index (χ0) is 14.5. The molecule has 1 heterocycles. The van der Waals surface area contributed by atoms with Crippen molar-refractivity contribution in [2.24, 2.45) is 0 Å². The largest absolute Gasteiger partial charge is 0.343 e. The molecule has 0 bridgehead atoms. The summed E-state index contributed by atoms with van der Waals surface area (Å²) in [4.78, 5) is 16.1. The number of amides is 1. The first kappa shape index (κ1) is 13.7. The van der Waals surface area contributed by atoms with E-state index < -0.39 is 0 Å². The molecule has 1 atom stereocenters. The summed E-state index contributed by atoms with van der Waals surface area (Å²) in [5.74, 6) is 0.501. The van der Waals surface area contributed by atoms with Gasteiger partial charge in [0.2, 0.25) is 5.82 Å². The molecule has 0 aliphatic heterocycles. The molecule has 0 aliphatic rings. The van der Waals surface area contributed by atoms with Crippen LogP contribution in [0.25, 0.3) is 0 Å². The summed E-state index contributed by atoms with van der Waals surface area (Å²) in [6, 6.07) is 8.96. The van der Waals surface area contributed by atoms with Crippen LogP contribution in [0, 0.1) is 11.3 Å². The Balaban J connectivity index is 2.04. The highest BCUT2D eigenvalue weighted by Gasteiger charge is 2.15. The van der Waals surface area contributed by atoms with Gasteiger partial charge in [-0.05, 0) is 24.6 Å². The van der Waals surface area contributed by atoms with Crippen LogP contribution in [-0.2, 0) is 6.42 Å². The molecule has 2 N–H and O–H groups in total. The second-order valence-corrected chi connectivity index (χ2v) is 4.39. The number of nitrogens with one attached hydrogen (secondary N) is 2. The molecule has 1 aromatic heterocycles. The molecular weight excluding hydrogens is 254 g/mol. The maximum atomic E-state index is 12.0.